The van der Waals surface area contributed by atoms with Crippen molar-refractivity contribution in [1.29, 1.82) is 0 Å². The number of likely N-dealkylation sites (N-methyl/N-ethyl adjacent to an activating group) is 2. The lowest BCUT2D eigenvalue weighted by atomic mass is 10.1. The van der Waals surface area contributed by atoms with Gasteiger partial charge < -0.3 is 14.9 Å². The summed E-state index contributed by atoms with van der Waals surface area (Å²) in [5.41, 5.74) is 1.22. The third-order valence-corrected chi connectivity index (χ3v) is 2.66. The summed E-state index contributed by atoms with van der Waals surface area (Å²) in [6.45, 7) is -0.159. The molecule has 106 valence electrons. The largest absolute Gasteiger partial charge is 0.384 e. The Kier molecular flexibility index (Phi) is 5.75. The van der Waals surface area contributed by atoms with Crippen LogP contribution in [0.1, 0.15) is 15.9 Å². The predicted octanol–water partition coefficient (Wildman–Crippen LogP) is 0.191. The van der Waals surface area contributed by atoms with Crippen molar-refractivity contribution in [3.05, 3.63) is 35.4 Å². The summed E-state index contributed by atoms with van der Waals surface area (Å²) >= 11 is 0. The number of benzene rings is 1. The molecule has 1 rings (SSSR count). The van der Waals surface area contributed by atoms with Gasteiger partial charge in [-0.1, -0.05) is 11.8 Å². The van der Waals surface area contributed by atoms with Crippen LogP contribution in [0.5, 0.6) is 0 Å². The summed E-state index contributed by atoms with van der Waals surface area (Å²) in [4.78, 5) is 26.5. The fourth-order valence-electron chi connectivity index (χ4n) is 1.47. The Bertz CT molecular complexity index is 538. The molecule has 1 aromatic rings. The maximum Gasteiger partial charge on any atom is 0.254 e. The van der Waals surface area contributed by atoms with Gasteiger partial charge in [-0.2, -0.15) is 0 Å². The van der Waals surface area contributed by atoms with E-state index < -0.39 is 0 Å². The lowest BCUT2D eigenvalue weighted by molar-refractivity contribution is -0.129. The van der Waals surface area contributed by atoms with Gasteiger partial charge in [0.1, 0.15) is 6.61 Å². The molecule has 0 aliphatic rings. The van der Waals surface area contributed by atoms with Gasteiger partial charge in [-0.3, -0.25) is 9.59 Å². The van der Waals surface area contributed by atoms with Crippen LogP contribution in [0.2, 0.25) is 0 Å². The van der Waals surface area contributed by atoms with Crippen molar-refractivity contribution in [1.82, 2.24) is 9.80 Å². The number of amides is 2. The SMILES string of the molecule is CN(C)C(=O)CN(C)C(=O)c1ccc(C#CCO)cc1. The molecule has 5 nitrogen and oxygen atoms in total. The average Bonchev–Trinajstić information content (AvgIpc) is 2.44. The minimum absolute atomic E-state index is 0.0396. The Morgan fingerprint density at radius 1 is 1.15 bits per heavy atom. The van der Waals surface area contributed by atoms with Crippen LogP contribution in [0.4, 0.5) is 0 Å². The van der Waals surface area contributed by atoms with Crippen molar-refractivity contribution < 1.29 is 14.7 Å². The monoisotopic (exact) mass is 274 g/mol. The molecule has 0 aliphatic heterocycles. The maximum atomic E-state index is 12.1. The highest BCUT2D eigenvalue weighted by Crippen LogP contribution is 2.06. The van der Waals surface area contributed by atoms with Gasteiger partial charge in [-0.15, -0.1) is 0 Å². The highest BCUT2D eigenvalue weighted by molar-refractivity contribution is 5.96. The van der Waals surface area contributed by atoms with Crippen LogP contribution in [0.25, 0.3) is 0 Å². The van der Waals surface area contributed by atoms with Gasteiger partial charge in [-0.05, 0) is 24.3 Å². The number of aliphatic hydroxyl groups excluding tert-OH is 1. The number of aliphatic hydroxyl groups is 1. The standard InChI is InChI=1S/C15H18N2O3/c1-16(2)14(19)11-17(3)15(20)13-8-6-12(7-9-13)5-4-10-18/h6-9,18H,10-11H2,1-3H3. The Morgan fingerprint density at radius 3 is 2.25 bits per heavy atom. The topological polar surface area (TPSA) is 60.9 Å². The summed E-state index contributed by atoms with van der Waals surface area (Å²) < 4.78 is 0. The molecule has 0 bridgehead atoms. The molecule has 0 spiro atoms. The quantitative estimate of drug-likeness (QED) is 0.801. The van der Waals surface area contributed by atoms with Crippen LogP contribution < -0.4 is 0 Å². The summed E-state index contributed by atoms with van der Waals surface area (Å²) in [6, 6.07) is 6.72. The summed E-state index contributed by atoms with van der Waals surface area (Å²) in [7, 11) is 4.88. The molecular formula is C15H18N2O3. The van der Waals surface area contributed by atoms with E-state index in [0.29, 0.717) is 5.56 Å². The van der Waals surface area contributed by atoms with Crippen LogP contribution >= 0.6 is 0 Å². The first-order chi connectivity index (χ1) is 9.45. The van der Waals surface area contributed by atoms with Crippen molar-refractivity contribution >= 4 is 11.8 Å². The van der Waals surface area contributed by atoms with Crippen molar-refractivity contribution in [2.45, 2.75) is 0 Å². The number of hydrogen-bond donors (Lipinski definition) is 1. The minimum atomic E-state index is -0.220. The average molecular weight is 274 g/mol. The number of rotatable bonds is 3. The molecule has 0 saturated heterocycles. The first-order valence-corrected chi connectivity index (χ1v) is 6.11. The molecular weight excluding hydrogens is 256 g/mol. The van der Waals surface area contributed by atoms with Gasteiger partial charge >= 0.3 is 0 Å². The molecule has 0 aromatic heterocycles. The summed E-state index contributed by atoms with van der Waals surface area (Å²) in [6.07, 6.45) is 0. The second-order valence-corrected chi connectivity index (χ2v) is 4.49. The number of nitrogens with zero attached hydrogens (tertiary/aromatic N) is 2. The highest BCUT2D eigenvalue weighted by Gasteiger charge is 2.15. The number of hydrogen-bond acceptors (Lipinski definition) is 3. The second-order valence-electron chi connectivity index (χ2n) is 4.49. The fraction of sp³-hybridized carbons (Fsp3) is 0.333. The number of carbonyl (C=O) groups excluding carboxylic acids is 2. The molecule has 0 aliphatic carbocycles. The van der Waals surface area contributed by atoms with E-state index in [1.54, 1.807) is 45.4 Å². The van der Waals surface area contributed by atoms with Crippen molar-refractivity contribution in [3.8, 4) is 11.8 Å². The fourth-order valence-corrected chi connectivity index (χ4v) is 1.47. The van der Waals surface area contributed by atoms with Crippen LogP contribution in [0.3, 0.4) is 0 Å². The second kappa shape index (κ2) is 7.31. The van der Waals surface area contributed by atoms with E-state index in [1.807, 2.05) is 0 Å². The smallest absolute Gasteiger partial charge is 0.254 e. The molecule has 0 fully saturated rings. The predicted molar refractivity (Wildman–Crippen MR) is 76.1 cm³/mol. The van der Waals surface area contributed by atoms with Crippen molar-refractivity contribution in [2.75, 3.05) is 34.3 Å². The zero-order valence-electron chi connectivity index (χ0n) is 11.9. The molecule has 2 amide bonds. The Hall–Kier alpha value is -2.32. The van der Waals surface area contributed by atoms with E-state index in [4.69, 9.17) is 5.11 Å². The molecule has 20 heavy (non-hydrogen) atoms. The highest BCUT2D eigenvalue weighted by atomic mass is 16.2. The van der Waals surface area contributed by atoms with E-state index in [1.165, 1.54) is 9.80 Å². The zero-order chi connectivity index (χ0) is 15.1. The molecule has 0 radical (unpaired) electrons. The lowest BCUT2D eigenvalue weighted by Gasteiger charge is -2.19. The van der Waals surface area contributed by atoms with E-state index in [9.17, 15) is 9.59 Å². The van der Waals surface area contributed by atoms with Crippen LogP contribution in [0.15, 0.2) is 24.3 Å². The molecule has 0 saturated carbocycles. The van der Waals surface area contributed by atoms with Crippen LogP contribution in [-0.4, -0.2) is 61.0 Å². The molecule has 1 N–H and O–H groups in total. The summed E-state index contributed by atoms with van der Waals surface area (Å²) in [5, 5.41) is 8.60. The van der Waals surface area contributed by atoms with Gasteiger partial charge in [0.25, 0.3) is 5.91 Å². The van der Waals surface area contributed by atoms with Crippen LogP contribution in [-0.2, 0) is 4.79 Å². The minimum Gasteiger partial charge on any atom is -0.384 e. The Labute approximate surface area is 118 Å². The van der Waals surface area contributed by atoms with Gasteiger partial charge in [0, 0.05) is 32.3 Å². The third-order valence-electron chi connectivity index (χ3n) is 2.66. The van der Waals surface area contributed by atoms with Gasteiger partial charge in [0.2, 0.25) is 5.91 Å². The van der Waals surface area contributed by atoms with Gasteiger partial charge in [-0.25, -0.2) is 0 Å². The van der Waals surface area contributed by atoms with Crippen molar-refractivity contribution in [3.63, 3.8) is 0 Å². The van der Waals surface area contributed by atoms with Gasteiger partial charge in [0.05, 0.1) is 6.54 Å². The molecule has 5 heteroatoms. The zero-order valence-corrected chi connectivity index (χ0v) is 11.9. The third kappa shape index (κ3) is 4.41. The van der Waals surface area contributed by atoms with Crippen LogP contribution in [0, 0.1) is 11.8 Å². The Morgan fingerprint density at radius 2 is 1.75 bits per heavy atom. The van der Waals surface area contributed by atoms with Crippen molar-refractivity contribution in [2.24, 2.45) is 0 Å². The first-order valence-electron chi connectivity index (χ1n) is 6.11. The molecule has 0 atom stereocenters. The maximum absolute atomic E-state index is 12.1. The van der Waals surface area contributed by atoms with E-state index in [2.05, 4.69) is 11.8 Å². The molecule has 1 aromatic carbocycles. The molecule has 0 unspecified atom stereocenters. The first kappa shape index (κ1) is 15.7. The van der Waals surface area contributed by atoms with E-state index >= 15 is 0 Å². The number of carbonyl (C=O) groups is 2. The van der Waals surface area contributed by atoms with Gasteiger partial charge in [0.15, 0.2) is 0 Å². The van der Waals surface area contributed by atoms with E-state index in [0.717, 1.165) is 5.56 Å². The van der Waals surface area contributed by atoms with E-state index in [-0.39, 0.29) is 25.0 Å². The summed E-state index contributed by atoms with van der Waals surface area (Å²) in [5.74, 6) is 4.93. The lowest BCUT2D eigenvalue weighted by Crippen LogP contribution is -2.37. The molecule has 0 heterocycles. The normalized spacial score (nSPS) is 9.40. The Balaban J connectivity index is 2.74.